The van der Waals surface area contributed by atoms with Crippen LogP contribution in [-0.2, 0) is 10.0 Å². The first-order valence-corrected chi connectivity index (χ1v) is 13.4. The summed E-state index contributed by atoms with van der Waals surface area (Å²) in [5, 5.41) is 4.91. The Morgan fingerprint density at radius 2 is 1.49 bits per heavy atom. The van der Waals surface area contributed by atoms with E-state index in [1.54, 1.807) is 0 Å². The minimum Gasteiger partial charge on any atom is -0.326 e. The van der Waals surface area contributed by atoms with Crippen LogP contribution in [0, 0.1) is 0 Å². The third-order valence-electron chi connectivity index (χ3n) is 7.07. The SMILES string of the molecule is CNS(=O)(=O)c1c(C(c2ccccc2)c2ccccc2)c2ccccc2n1C(C)C1CCCN1.Cl. The molecular weight excluding hydrogens is 478 g/mol. The second-order valence-corrected chi connectivity index (χ2v) is 10.8. The normalized spacial score (nSPS) is 16.9. The molecule has 2 N–H and O–H groups in total. The smallest absolute Gasteiger partial charge is 0.256 e. The van der Waals surface area contributed by atoms with E-state index in [-0.39, 0.29) is 30.4 Å². The fourth-order valence-electron chi connectivity index (χ4n) is 5.44. The van der Waals surface area contributed by atoms with Crippen molar-refractivity contribution in [3.8, 4) is 0 Å². The Bertz CT molecular complexity index is 1340. The molecule has 0 aliphatic carbocycles. The summed E-state index contributed by atoms with van der Waals surface area (Å²) in [7, 11) is -2.27. The quantitative estimate of drug-likeness (QED) is 0.347. The van der Waals surface area contributed by atoms with Crippen molar-refractivity contribution in [1.82, 2.24) is 14.6 Å². The third kappa shape index (κ3) is 4.64. The number of benzene rings is 3. The van der Waals surface area contributed by atoms with Gasteiger partial charge in [0.15, 0.2) is 5.03 Å². The van der Waals surface area contributed by atoms with Crippen LogP contribution in [0.3, 0.4) is 0 Å². The fraction of sp³-hybridized carbons (Fsp3) is 0.286. The lowest BCUT2D eigenvalue weighted by molar-refractivity contribution is 0.395. The van der Waals surface area contributed by atoms with Crippen molar-refractivity contribution < 1.29 is 8.42 Å². The van der Waals surface area contributed by atoms with E-state index in [0.29, 0.717) is 5.03 Å². The lowest BCUT2D eigenvalue weighted by Crippen LogP contribution is -2.33. The third-order valence-corrected chi connectivity index (χ3v) is 8.53. The molecule has 1 aliphatic heterocycles. The van der Waals surface area contributed by atoms with Gasteiger partial charge in [-0.25, -0.2) is 13.1 Å². The summed E-state index contributed by atoms with van der Waals surface area (Å²) >= 11 is 0. The number of halogens is 1. The van der Waals surface area contributed by atoms with Crippen LogP contribution in [0.4, 0.5) is 0 Å². The van der Waals surface area contributed by atoms with Crippen molar-refractivity contribution in [2.75, 3.05) is 13.6 Å². The van der Waals surface area contributed by atoms with Crippen molar-refractivity contribution in [3.63, 3.8) is 0 Å². The van der Waals surface area contributed by atoms with Gasteiger partial charge < -0.3 is 9.88 Å². The Hall–Kier alpha value is -2.64. The molecule has 35 heavy (non-hydrogen) atoms. The summed E-state index contributed by atoms with van der Waals surface area (Å²) in [5.41, 5.74) is 3.91. The zero-order chi connectivity index (χ0) is 23.7. The Morgan fingerprint density at radius 1 is 0.914 bits per heavy atom. The summed E-state index contributed by atoms with van der Waals surface area (Å²) in [5.74, 6) is -0.226. The molecule has 5 rings (SSSR count). The van der Waals surface area contributed by atoms with Gasteiger partial charge in [-0.2, -0.15) is 0 Å². The Kier molecular flexibility index (Phi) is 7.67. The maximum Gasteiger partial charge on any atom is 0.256 e. The molecule has 0 spiro atoms. The minimum absolute atomic E-state index is 0. The summed E-state index contributed by atoms with van der Waals surface area (Å²) in [6.45, 7) is 3.10. The highest BCUT2D eigenvalue weighted by molar-refractivity contribution is 7.89. The second-order valence-electron chi connectivity index (χ2n) is 9.01. The van der Waals surface area contributed by atoms with Crippen molar-refractivity contribution in [2.24, 2.45) is 0 Å². The first-order valence-electron chi connectivity index (χ1n) is 11.9. The van der Waals surface area contributed by atoms with Crippen LogP contribution in [0.1, 0.15) is 48.4 Å². The van der Waals surface area contributed by atoms with Gasteiger partial charge in [0.1, 0.15) is 0 Å². The maximum absolute atomic E-state index is 13.7. The average Bonchev–Trinajstić information content (AvgIpc) is 3.53. The lowest BCUT2D eigenvalue weighted by Gasteiger charge is -2.26. The minimum atomic E-state index is -3.77. The maximum atomic E-state index is 13.7. The molecule has 0 saturated carbocycles. The van der Waals surface area contributed by atoms with Crippen molar-refractivity contribution in [2.45, 2.75) is 42.8 Å². The number of nitrogens with one attached hydrogen (secondary N) is 2. The van der Waals surface area contributed by atoms with Crippen molar-refractivity contribution in [3.05, 3.63) is 102 Å². The van der Waals surface area contributed by atoms with E-state index in [1.165, 1.54) is 7.05 Å². The zero-order valence-electron chi connectivity index (χ0n) is 20.0. The highest BCUT2D eigenvalue weighted by Gasteiger charge is 2.36. The molecule has 2 heterocycles. The molecule has 1 fully saturated rings. The lowest BCUT2D eigenvalue weighted by atomic mass is 9.85. The Morgan fingerprint density at radius 3 is 2.03 bits per heavy atom. The van der Waals surface area contributed by atoms with Crippen LogP contribution in [0.15, 0.2) is 90.0 Å². The van der Waals surface area contributed by atoms with Crippen molar-refractivity contribution in [1.29, 1.82) is 0 Å². The van der Waals surface area contributed by atoms with E-state index in [2.05, 4.69) is 51.9 Å². The van der Waals surface area contributed by atoms with Crippen molar-refractivity contribution >= 4 is 33.3 Å². The average molecular weight is 510 g/mol. The van der Waals surface area contributed by atoms with Gasteiger partial charge in [0.05, 0.1) is 0 Å². The van der Waals surface area contributed by atoms with Crippen LogP contribution in [0.25, 0.3) is 10.9 Å². The van der Waals surface area contributed by atoms with Gasteiger partial charge in [-0.1, -0.05) is 78.9 Å². The van der Waals surface area contributed by atoms with Crippen LogP contribution in [0.2, 0.25) is 0 Å². The zero-order valence-corrected chi connectivity index (χ0v) is 21.6. The van der Waals surface area contributed by atoms with E-state index in [9.17, 15) is 8.42 Å². The highest BCUT2D eigenvalue weighted by Crippen LogP contribution is 2.43. The first kappa shape index (κ1) is 25.5. The van der Waals surface area contributed by atoms with Gasteiger partial charge in [-0.15, -0.1) is 12.4 Å². The number of para-hydroxylation sites is 1. The van der Waals surface area contributed by atoms with Gasteiger partial charge in [0, 0.05) is 34.5 Å². The van der Waals surface area contributed by atoms with Gasteiger partial charge in [0.2, 0.25) is 0 Å². The topological polar surface area (TPSA) is 63.1 Å². The number of hydrogen-bond donors (Lipinski definition) is 2. The predicted octanol–water partition coefficient (Wildman–Crippen LogP) is 5.46. The molecule has 2 unspecified atom stereocenters. The van der Waals surface area contributed by atoms with Crippen LogP contribution < -0.4 is 10.0 Å². The molecule has 1 aromatic heterocycles. The molecule has 2 atom stereocenters. The Labute approximate surface area is 214 Å². The number of fused-ring (bicyclic) bond motifs is 1. The van der Waals surface area contributed by atoms with E-state index < -0.39 is 10.0 Å². The van der Waals surface area contributed by atoms with Crippen LogP contribution >= 0.6 is 12.4 Å². The van der Waals surface area contributed by atoms with E-state index in [0.717, 1.165) is 47.0 Å². The summed E-state index contributed by atoms with van der Waals surface area (Å²) in [6.07, 6.45) is 2.13. The summed E-state index contributed by atoms with van der Waals surface area (Å²) < 4.78 is 32.2. The molecule has 0 bridgehead atoms. The molecule has 3 aromatic carbocycles. The van der Waals surface area contributed by atoms with Gasteiger partial charge >= 0.3 is 0 Å². The molecule has 0 amide bonds. The number of nitrogens with zero attached hydrogens (tertiary/aromatic N) is 1. The number of sulfonamides is 1. The summed E-state index contributed by atoms with van der Waals surface area (Å²) in [6, 6.07) is 28.7. The monoisotopic (exact) mass is 509 g/mol. The molecule has 1 saturated heterocycles. The molecule has 5 nitrogen and oxygen atoms in total. The first-order chi connectivity index (χ1) is 16.5. The fourth-order valence-corrected chi connectivity index (χ4v) is 6.67. The van der Waals surface area contributed by atoms with Crippen LogP contribution in [-0.4, -0.2) is 32.6 Å². The van der Waals surface area contributed by atoms with Crippen LogP contribution in [0.5, 0.6) is 0 Å². The van der Waals surface area contributed by atoms with E-state index in [4.69, 9.17) is 0 Å². The standard InChI is InChI=1S/C28H31N3O2S.ClH/c1-20(24-17-11-19-30-24)31-25-18-10-9-16-23(25)27(28(31)34(32,33)29-2)26(21-12-5-3-6-13-21)22-14-7-4-8-15-22;/h3-10,12-16,18,20,24,26,29-30H,11,17,19H2,1-2H3;1H. The van der Waals surface area contributed by atoms with E-state index >= 15 is 0 Å². The largest absolute Gasteiger partial charge is 0.326 e. The molecule has 0 radical (unpaired) electrons. The van der Waals surface area contributed by atoms with Gasteiger partial charge in [-0.05, 0) is 50.6 Å². The predicted molar refractivity (Wildman–Crippen MR) is 145 cm³/mol. The molecule has 184 valence electrons. The van der Waals surface area contributed by atoms with E-state index in [1.807, 2.05) is 54.6 Å². The number of rotatable bonds is 7. The number of hydrogen-bond acceptors (Lipinski definition) is 3. The Balaban J connectivity index is 0.00000289. The van der Waals surface area contributed by atoms with Gasteiger partial charge in [0.25, 0.3) is 10.0 Å². The number of aromatic nitrogens is 1. The molecule has 4 aromatic rings. The molecule has 1 aliphatic rings. The summed E-state index contributed by atoms with van der Waals surface area (Å²) in [4.78, 5) is 0. The highest BCUT2D eigenvalue weighted by atomic mass is 35.5. The second kappa shape index (κ2) is 10.5. The van der Waals surface area contributed by atoms with Gasteiger partial charge in [-0.3, -0.25) is 0 Å². The molecular formula is C28H32ClN3O2S. The molecule has 7 heteroatoms.